The molecule has 0 aromatic carbocycles. The smallest absolute Gasteiger partial charge is 0.462 e. The van der Waals surface area contributed by atoms with E-state index in [2.05, 4.69) is 38.2 Å². The van der Waals surface area contributed by atoms with Gasteiger partial charge in [-0.05, 0) is 44.9 Å². The van der Waals surface area contributed by atoms with Gasteiger partial charge in [-0.2, -0.15) is 0 Å². The molecule has 0 aromatic rings. The van der Waals surface area contributed by atoms with Gasteiger partial charge < -0.3 is 20.1 Å². The number of hydrogen-bond acceptors (Lipinski definition) is 8. The second-order valence-corrected chi connectivity index (χ2v) is 18.5. The number of unbranched alkanes of at least 4 members (excludes halogenated alkanes) is 31. The maximum atomic E-state index is 12.6. The number of esters is 2. The zero-order valence-corrected chi connectivity index (χ0v) is 40.1. The molecule has 0 aliphatic heterocycles. The Morgan fingerprint density at radius 1 is 0.483 bits per heavy atom. The van der Waals surface area contributed by atoms with Gasteiger partial charge in [-0.15, -0.1) is 0 Å². The molecule has 0 fully saturated rings. The molecule has 0 saturated carbocycles. The Labute approximate surface area is 370 Å². The molecule has 0 bridgehead atoms. The van der Waals surface area contributed by atoms with Crippen LogP contribution in [0.4, 0.5) is 0 Å². The Balaban J connectivity index is 4.06. The first kappa shape index (κ1) is 58.5. The number of nitrogens with two attached hydrogens (primary N) is 1. The first-order valence-corrected chi connectivity index (χ1v) is 26.8. The van der Waals surface area contributed by atoms with Crippen molar-refractivity contribution in [3.8, 4) is 0 Å². The van der Waals surface area contributed by atoms with Crippen molar-refractivity contribution in [1.82, 2.24) is 0 Å². The highest BCUT2D eigenvalue weighted by Gasteiger charge is 2.26. The van der Waals surface area contributed by atoms with Crippen LogP contribution in [0, 0.1) is 0 Å². The summed E-state index contributed by atoms with van der Waals surface area (Å²) < 4.78 is 32.9. The number of ether oxygens (including phenoxy) is 2. The highest BCUT2D eigenvalue weighted by Crippen LogP contribution is 2.43. The minimum Gasteiger partial charge on any atom is -0.462 e. The van der Waals surface area contributed by atoms with Crippen LogP contribution in [0.25, 0.3) is 0 Å². The lowest BCUT2D eigenvalue weighted by Crippen LogP contribution is -2.29. The van der Waals surface area contributed by atoms with Gasteiger partial charge in [-0.25, -0.2) is 4.57 Å². The van der Waals surface area contributed by atoms with Crippen LogP contribution >= 0.6 is 7.82 Å². The largest absolute Gasteiger partial charge is 0.472 e. The molecule has 0 amide bonds. The second kappa shape index (κ2) is 47.0. The molecule has 60 heavy (non-hydrogen) atoms. The summed E-state index contributed by atoms with van der Waals surface area (Å²) in [7, 11) is -4.38. The Morgan fingerprint density at radius 3 is 1.28 bits per heavy atom. The Kier molecular flexibility index (Phi) is 45.8. The van der Waals surface area contributed by atoms with Crippen LogP contribution < -0.4 is 5.73 Å². The number of phosphoric acid groups is 1. The van der Waals surface area contributed by atoms with Crippen molar-refractivity contribution in [2.24, 2.45) is 5.73 Å². The minimum atomic E-state index is -4.38. The zero-order chi connectivity index (χ0) is 43.9. The number of phosphoric ester groups is 1. The van der Waals surface area contributed by atoms with Crippen molar-refractivity contribution in [1.29, 1.82) is 0 Å². The van der Waals surface area contributed by atoms with E-state index in [1.54, 1.807) is 0 Å². The molecule has 10 heteroatoms. The summed E-state index contributed by atoms with van der Waals surface area (Å²) in [5, 5.41) is 0. The predicted octanol–water partition coefficient (Wildman–Crippen LogP) is 15.1. The molecule has 0 aliphatic carbocycles. The van der Waals surface area contributed by atoms with Crippen molar-refractivity contribution in [2.45, 2.75) is 258 Å². The summed E-state index contributed by atoms with van der Waals surface area (Å²) in [6, 6.07) is 0. The van der Waals surface area contributed by atoms with Crippen molar-refractivity contribution in [2.75, 3.05) is 26.4 Å². The molecule has 0 aromatic heterocycles. The molecule has 354 valence electrons. The van der Waals surface area contributed by atoms with Crippen LogP contribution in [0.2, 0.25) is 0 Å². The molecule has 1 unspecified atom stereocenters. The molecule has 0 heterocycles. The van der Waals surface area contributed by atoms with Crippen molar-refractivity contribution in [3.63, 3.8) is 0 Å². The molecular weight excluding hydrogens is 774 g/mol. The average Bonchev–Trinajstić information content (AvgIpc) is 3.24. The van der Waals surface area contributed by atoms with Crippen LogP contribution in [-0.2, 0) is 32.7 Å². The molecule has 3 N–H and O–H groups in total. The zero-order valence-electron chi connectivity index (χ0n) is 39.2. The van der Waals surface area contributed by atoms with E-state index in [-0.39, 0.29) is 32.6 Å². The third-order valence-electron chi connectivity index (χ3n) is 11.1. The third kappa shape index (κ3) is 46.0. The first-order valence-electron chi connectivity index (χ1n) is 25.3. The van der Waals surface area contributed by atoms with E-state index in [1.807, 2.05) is 0 Å². The summed E-state index contributed by atoms with van der Waals surface area (Å²) in [5.41, 5.74) is 5.36. The van der Waals surface area contributed by atoms with Gasteiger partial charge in [0.05, 0.1) is 13.2 Å². The van der Waals surface area contributed by atoms with E-state index in [0.29, 0.717) is 12.8 Å². The van der Waals surface area contributed by atoms with Crippen molar-refractivity contribution >= 4 is 19.8 Å². The van der Waals surface area contributed by atoms with Gasteiger partial charge in [0, 0.05) is 19.4 Å². The molecule has 2 atom stereocenters. The Bertz CT molecular complexity index is 1040. The molecule has 0 rings (SSSR count). The number of rotatable bonds is 48. The standard InChI is InChI=1S/C50H96NO8P/c1-3-5-7-9-11-13-15-17-19-21-22-23-24-25-26-27-29-30-32-34-36-38-40-42-49(52)56-46-48(47-58-60(54,55)57-45-44-51)59-50(53)43-41-39-37-35-33-31-28-20-18-16-14-12-10-8-6-4-2/h27,29,34,36,48H,3-26,28,30-33,35,37-47,51H2,1-2H3,(H,54,55)/b29-27+,36-34+/t48-/m0/s1. The monoisotopic (exact) mass is 870 g/mol. The minimum absolute atomic E-state index is 0.0507. The molecule has 0 saturated heterocycles. The van der Waals surface area contributed by atoms with Crippen LogP contribution in [0.3, 0.4) is 0 Å². The summed E-state index contributed by atoms with van der Waals surface area (Å²) in [4.78, 5) is 35.0. The van der Waals surface area contributed by atoms with E-state index in [0.717, 1.165) is 38.5 Å². The maximum Gasteiger partial charge on any atom is 0.472 e. The molecule has 0 aliphatic rings. The van der Waals surface area contributed by atoms with E-state index in [4.69, 9.17) is 24.3 Å². The number of carbonyl (C=O) groups excluding carboxylic acids is 2. The summed E-state index contributed by atoms with van der Waals surface area (Å²) in [6.07, 6.45) is 52.3. The molecule has 9 nitrogen and oxygen atoms in total. The SMILES string of the molecule is CCCCCCCCCCCCCCCC/C=C/CC/C=C/CCCC(=O)OC[C@@H](COP(=O)(O)OCCN)OC(=O)CCCCCCCCCCCCCCCCCC. The van der Waals surface area contributed by atoms with Crippen molar-refractivity contribution in [3.05, 3.63) is 24.3 Å². The van der Waals surface area contributed by atoms with Crippen LogP contribution in [0.1, 0.15) is 251 Å². The van der Waals surface area contributed by atoms with Gasteiger partial charge in [0.15, 0.2) is 6.10 Å². The highest BCUT2D eigenvalue weighted by atomic mass is 31.2. The van der Waals surface area contributed by atoms with Gasteiger partial charge in [0.25, 0.3) is 0 Å². The van der Waals surface area contributed by atoms with Gasteiger partial charge in [-0.1, -0.05) is 218 Å². The summed E-state index contributed by atoms with van der Waals surface area (Å²) in [5.74, 6) is -0.865. The highest BCUT2D eigenvalue weighted by molar-refractivity contribution is 7.47. The fourth-order valence-electron chi connectivity index (χ4n) is 7.30. The van der Waals surface area contributed by atoms with Gasteiger partial charge in [0.2, 0.25) is 0 Å². The predicted molar refractivity (Wildman–Crippen MR) is 252 cm³/mol. The number of allylic oxidation sites excluding steroid dienone is 4. The van der Waals surface area contributed by atoms with Crippen molar-refractivity contribution < 1.29 is 37.6 Å². The summed E-state index contributed by atoms with van der Waals surface area (Å²) >= 11 is 0. The van der Waals surface area contributed by atoms with E-state index < -0.39 is 32.5 Å². The third-order valence-corrected chi connectivity index (χ3v) is 12.1. The topological polar surface area (TPSA) is 134 Å². The van der Waals surface area contributed by atoms with Gasteiger partial charge in [0.1, 0.15) is 6.61 Å². The second-order valence-electron chi connectivity index (χ2n) is 17.0. The number of carbonyl (C=O) groups is 2. The van der Waals surface area contributed by atoms with E-state index >= 15 is 0 Å². The van der Waals surface area contributed by atoms with Crippen LogP contribution in [-0.4, -0.2) is 49.3 Å². The van der Waals surface area contributed by atoms with E-state index in [9.17, 15) is 19.0 Å². The maximum absolute atomic E-state index is 12.6. The lowest BCUT2D eigenvalue weighted by atomic mass is 10.0. The lowest BCUT2D eigenvalue weighted by Gasteiger charge is -2.19. The van der Waals surface area contributed by atoms with Crippen LogP contribution in [0.15, 0.2) is 24.3 Å². The van der Waals surface area contributed by atoms with Gasteiger partial charge in [-0.3, -0.25) is 18.6 Å². The normalized spacial score (nSPS) is 13.3. The first-order chi connectivity index (χ1) is 29.3. The summed E-state index contributed by atoms with van der Waals surface area (Å²) in [6.45, 7) is 3.74. The quantitative estimate of drug-likeness (QED) is 0.0265. The Morgan fingerprint density at radius 2 is 0.850 bits per heavy atom. The van der Waals surface area contributed by atoms with E-state index in [1.165, 1.54) is 173 Å². The Hall–Kier alpha value is -1.51. The molecule has 0 radical (unpaired) electrons. The molecule has 0 spiro atoms. The van der Waals surface area contributed by atoms with Crippen LogP contribution in [0.5, 0.6) is 0 Å². The van der Waals surface area contributed by atoms with Gasteiger partial charge >= 0.3 is 19.8 Å². The number of hydrogen-bond donors (Lipinski definition) is 2. The fourth-order valence-corrected chi connectivity index (χ4v) is 8.07. The average molecular weight is 870 g/mol. The molecular formula is C50H96NO8P. The fraction of sp³-hybridized carbons (Fsp3) is 0.880. The lowest BCUT2D eigenvalue weighted by molar-refractivity contribution is -0.161.